The van der Waals surface area contributed by atoms with E-state index in [0.717, 1.165) is 0 Å². The lowest BCUT2D eigenvalue weighted by Gasteiger charge is -2.26. The molecule has 9 aromatic carbocycles. The molecular formula is C66H63P. The zero-order valence-electron chi connectivity index (χ0n) is 41.5. The van der Waals surface area contributed by atoms with E-state index in [1.54, 1.807) is 0 Å². The van der Waals surface area contributed by atoms with Crippen molar-refractivity contribution in [3.05, 3.63) is 231 Å². The van der Waals surface area contributed by atoms with Crippen molar-refractivity contribution in [2.75, 3.05) is 0 Å². The molecule has 0 N–H and O–H groups in total. The van der Waals surface area contributed by atoms with Gasteiger partial charge in [-0.15, -0.1) is 0 Å². The van der Waals surface area contributed by atoms with E-state index in [1.165, 1.54) is 149 Å². The van der Waals surface area contributed by atoms with E-state index in [1.807, 2.05) is 0 Å². The Labute approximate surface area is 402 Å². The number of aryl methyl sites for hydroxylation is 12. The van der Waals surface area contributed by atoms with Crippen molar-refractivity contribution < 1.29 is 0 Å². The summed E-state index contributed by atoms with van der Waals surface area (Å²) in [6.45, 7) is 27.2. The average molecular weight is 887 g/mol. The molecular weight excluding hydrogens is 824 g/mol. The van der Waals surface area contributed by atoms with Gasteiger partial charge in [0.15, 0.2) is 0 Å². The molecule has 0 heterocycles. The zero-order valence-corrected chi connectivity index (χ0v) is 42.4. The summed E-state index contributed by atoms with van der Waals surface area (Å²) >= 11 is 0. The Bertz CT molecular complexity index is 2690. The molecule has 0 amide bonds. The highest BCUT2D eigenvalue weighted by molar-refractivity contribution is 7.79. The second-order valence-electron chi connectivity index (χ2n) is 19.2. The molecule has 0 bridgehead atoms. The molecule has 1 heteroatoms. The quantitative estimate of drug-likeness (QED) is 0.127. The van der Waals surface area contributed by atoms with E-state index in [9.17, 15) is 0 Å². The van der Waals surface area contributed by atoms with Gasteiger partial charge in [-0.3, -0.25) is 0 Å². The Balaban J connectivity index is 1.47. The highest BCUT2D eigenvalue weighted by Gasteiger charge is 2.26. The minimum absolute atomic E-state index is 1.20. The third kappa shape index (κ3) is 8.77. The summed E-state index contributed by atoms with van der Waals surface area (Å²) < 4.78 is 0. The van der Waals surface area contributed by atoms with Crippen LogP contribution in [0.1, 0.15) is 66.8 Å². The van der Waals surface area contributed by atoms with Gasteiger partial charge in [-0.1, -0.05) is 109 Å². The number of benzene rings is 9. The van der Waals surface area contributed by atoms with Crippen LogP contribution in [-0.2, 0) is 0 Å². The van der Waals surface area contributed by atoms with Gasteiger partial charge in [-0.2, -0.15) is 0 Å². The first-order valence-corrected chi connectivity index (χ1v) is 25.2. The molecule has 0 fully saturated rings. The minimum Gasteiger partial charge on any atom is -0.0617 e. The van der Waals surface area contributed by atoms with Gasteiger partial charge in [-0.05, 0) is 295 Å². The molecule has 0 spiro atoms. The van der Waals surface area contributed by atoms with Crippen LogP contribution in [0.15, 0.2) is 164 Å². The largest absolute Gasteiger partial charge is 0.0617 e. The Kier molecular flexibility index (Phi) is 12.6. The molecule has 0 atom stereocenters. The van der Waals surface area contributed by atoms with Gasteiger partial charge in [0.1, 0.15) is 0 Å². The van der Waals surface area contributed by atoms with Crippen LogP contribution >= 0.6 is 7.92 Å². The van der Waals surface area contributed by atoms with E-state index in [4.69, 9.17) is 0 Å². The van der Waals surface area contributed by atoms with Gasteiger partial charge >= 0.3 is 0 Å². The molecule has 0 radical (unpaired) electrons. The van der Waals surface area contributed by atoms with Crippen LogP contribution in [0.3, 0.4) is 0 Å². The maximum atomic E-state index is 2.55. The predicted octanol–water partition coefficient (Wildman–Crippen LogP) is 17.1. The fourth-order valence-corrected chi connectivity index (χ4v) is 13.7. The molecule has 0 aromatic heterocycles. The molecule has 0 saturated heterocycles. The lowest BCUT2D eigenvalue weighted by Crippen LogP contribution is -2.22. The number of rotatable bonds is 9. The fourth-order valence-electron chi connectivity index (χ4n) is 11.2. The molecule has 0 aliphatic heterocycles. The van der Waals surface area contributed by atoms with E-state index >= 15 is 0 Å². The SMILES string of the molecule is Cc1cccc(C)c1-c1cc(-c2c(C)cccc2C)cc(P(c2cc(-c3c(C)cccc3C)cc(-c3c(C)cccc3C)c2)c2cc(-c3c(C)cccc3C)cc(-c3c(C)cccc3C)c2)c1. The third-order valence-corrected chi connectivity index (χ3v) is 16.5. The smallest absolute Gasteiger partial charge is 0.0125 e. The van der Waals surface area contributed by atoms with Crippen LogP contribution in [0.2, 0.25) is 0 Å². The van der Waals surface area contributed by atoms with Crippen molar-refractivity contribution >= 4 is 23.8 Å². The fraction of sp³-hybridized carbons (Fsp3) is 0.182. The minimum atomic E-state index is -1.20. The molecule has 0 aliphatic carbocycles. The molecule has 9 aromatic rings. The first kappa shape index (κ1) is 45.6. The lowest BCUT2D eigenvalue weighted by molar-refractivity contribution is 1.36. The third-order valence-electron chi connectivity index (χ3n) is 14.1. The highest BCUT2D eigenvalue weighted by atomic mass is 31.1. The standard InChI is InChI=1S/C66H63P/c1-40-19-13-20-41(2)61(40)52-31-53(62-42(3)21-14-22-43(62)4)35-58(34-52)67(59-36-54(63-44(5)23-15-24-45(63)6)32-55(37-59)64-46(7)25-16-26-47(64)8)60-38-56(65-48(9)27-17-28-49(65)10)33-57(39-60)66-50(11)29-18-30-51(66)12/h13-39H,1-12H3. The summed E-state index contributed by atoms with van der Waals surface area (Å²) in [5, 5.41) is 4.01. The summed E-state index contributed by atoms with van der Waals surface area (Å²) in [6.07, 6.45) is 0. The highest BCUT2D eigenvalue weighted by Crippen LogP contribution is 2.45. The van der Waals surface area contributed by atoms with Gasteiger partial charge in [0.25, 0.3) is 0 Å². The first-order chi connectivity index (χ1) is 32.2. The Morgan fingerprint density at radius 3 is 0.463 bits per heavy atom. The summed E-state index contributed by atoms with van der Waals surface area (Å²) in [5.41, 5.74) is 30.9. The molecule has 0 aliphatic rings. The molecule has 0 unspecified atom stereocenters. The zero-order chi connectivity index (χ0) is 47.3. The normalized spacial score (nSPS) is 11.4. The average Bonchev–Trinajstić information content (AvgIpc) is 3.26. The maximum absolute atomic E-state index is 2.55. The molecule has 0 saturated carbocycles. The van der Waals surface area contributed by atoms with E-state index in [-0.39, 0.29) is 0 Å². The molecule has 332 valence electrons. The van der Waals surface area contributed by atoms with E-state index in [2.05, 4.69) is 247 Å². The first-order valence-electron chi connectivity index (χ1n) is 23.8. The van der Waals surface area contributed by atoms with Gasteiger partial charge in [-0.25, -0.2) is 0 Å². The number of hydrogen-bond donors (Lipinski definition) is 0. The van der Waals surface area contributed by atoms with Crippen LogP contribution in [0, 0.1) is 83.1 Å². The molecule has 0 nitrogen and oxygen atoms in total. The van der Waals surface area contributed by atoms with Crippen LogP contribution in [0.5, 0.6) is 0 Å². The van der Waals surface area contributed by atoms with Crippen molar-refractivity contribution in [3.63, 3.8) is 0 Å². The topological polar surface area (TPSA) is 0 Å². The van der Waals surface area contributed by atoms with Gasteiger partial charge in [0, 0.05) is 0 Å². The van der Waals surface area contributed by atoms with E-state index in [0.29, 0.717) is 0 Å². The van der Waals surface area contributed by atoms with E-state index < -0.39 is 7.92 Å². The Morgan fingerprint density at radius 1 is 0.194 bits per heavy atom. The maximum Gasteiger partial charge on any atom is -0.0125 e. The Morgan fingerprint density at radius 2 is 0.328 bits per heavy atom. The van der Waals surface area contributed by atoms with Gasteiger partial charge in [0.2, 0.25) is 0 Å². The van der Waals surface area contributed by atoms with Crippen LogP contribution < -0.4 is 15.9 Å². The second-order valence-corrected chi connectivity index (χ2v) is 21.5. The lowest BCUT2D eigenvalue weighted by atomic mass is 9.90. The second kappa shape index (κ2) is 18.6. The van der Waals surface area contributed by atoms with Crippen LogP contribution in [-0.4, -0.2) is 0 Å². The number of hydrogen-bond acceptors (Lipinski definition) is 0. The van der Waals surface area contributed by atoms with Crippen molar-refractivity contribution in [2.24, 2.45) is 0 Å². The van der Waals surface area contributed by atoms with Gasteiger partial charge < -0.3 is 0 Å². The van der Waals surface area contributed by atoms with Crippen molar-refractivity contribution in [2.45, 2.75) is 83.1 Å². The molecule has 9 rings (SSSR count). The summed E-state index contributed by atoms with van der Waals surface area (Å²) in [7, 11) is -1.20. The monoisotopic (exact) mass is 886 g/mol. The summed E-state index contributed by atoms with van der Waals surface area (Å²) in [5.74, 6) is 0. The summed E-state index contributed by atoms with van der Waals surface area (Å²) in [4.78, 5) is 0. The van der Waals surface area contributed by atoms with Gasteiger partial charge in [0.05, 0.1) is 0 Å². The Hall–Kier alpha value is -6.59. The van der Waals surface area contributed by atoms with Crippen molar-refractivity contribution in [1.29, 1.82) is 0 Å². The van der Waals surface area contributed by atoms with Crippen molar-refractivity contribution in [1.82, 2.24) is 0 Å². The molecule has 67 heavy (non-hydrogen) atoms. The van der Waals surface area contributed by atoms with Crippen LogP contribution in [0.25, 0.3) is 66.8 Å². The van der Waals surface area contributed by atoms with Crippen molar-refractivity contribution in [3.8, 4) is 66.8 Å². The summed E-state index contributed by atoms with van der Waals surface area (Å²) in [6, 6.07) is 63.1. The predicted molar refractivity (Wildman–Crippen MR) is 295 cm³/mol. The van der Waals surface area contributed by atoms with Crippen LogP contribution in [0.4, 0.5) is 0 Å².